The number of hydrogen-bond donors (Lipinski definition) is 4. The molecular weight excluding hydrogens is 440 g/mol. The van der Waals surface area contributed by atoms with E-state index in [9.17, 15) is 9.59 Å². The summed E-state index contributed by atoms with van der Waals surface area (Å²) in [7, 11) is 0. The summed E-state index contributed by atoms with van der Waals surface area (Å²) < 4.78 is 0. The second-order valence-electron chi connectivity index (χ2n) is 8.01. The number of amides is 2. The van der Waals surface area contributed by atoms with E-state index in [0.717, 1.165) is 16.6 Å². The molecule has 33 heavy (non-hydrogen) atoms. The molecular formula is C24H27ClN6O2. The smallest absolute Gasteiger partial charge is 0.255 e. The third kappa shape index (κ3) is 4.85. The highest BCUT2D eigenvalue weighted by Gasteiger charge is 2.31. The molecule has 0 fully saturated rings. The third-order valence-corrected chi connectivity index (χ3v) is 6.09. The number of H-pyrrole nitrogens is 1. The van der Waals surface area contributed by atoms with E-state index in [1.807, 2.05) is 43.3 Å². The lowest BCUT2D eigenvalue weighted by Gasteiger charge is -2.18. The van der Waals surface area contributed by atoms with Crippen molar-refractivity contribution in [3.63, 3.8) is 0 Å². The fourth-order valence-corrected chi connectivity index (χ4v) is 4.20. The highest BCUT2D eigenvalue weighted by Crippen LogP contribution is 2.27. The van der Waals surface area contributed by atoms with Gasteiger partial charge in [0.05, 0.1) is 34.1 Å². The van der Waals surface area contributed by atoms with Crippen LogP contribution in [0.2, 0.25) is 0 Å². The van der Waals surface area contributed by atoms with Crippen molar-refractivity contribution in [1.29, 1.82) is 5.41 Å². The summed E-state index contributed by atoms with van der Waals surface area (Å²) in [6.07, 6.45) is 1.29. The second-order valence-corrected chi connectivity index (χ2v) is 8.27. The number of carbonyl (C=O) groups excluding carboxylic acids is 2. The van der Waals surface area contributed by atoms with Crippen molar-refractivity contribution in [3.8, 4) is 0 Å². The summed E-state index contributed by atoms with van der Waals surface area (Å²) in [5, 5.41) is 13.7. The van der Waals surface area contributed by atoms with Crippen LogP contribution in [0.3, 0.4) is 0 Å². The fraction of sp³-hybridized carbons (Fsp3) is 0.333. The van der Waals surface area contributed by atoms with Crippen LogP contribution in [0.25, 0.3) is 11.0 Å². The van der Waals surface area contributed by atoms with E-state index in [0.29, 0.717) is 49.4 Å². The van der Waals surface area contributed by atoms with E-state index in [1.165, 1.54) is 0 Å². The monoisotopic (exact) mass is 466 g/mol. The zero-order chi connectivity index (χ0) is 23.4. The van der Waals surface area contributed by atoms with Gasteiger partial charge in [-0.05, 0) is 43.5 Å². The number of benzene rings is 2. The second kappa shape index (κ2) is 10.0. The number of nitrogens with one attached hydrogen (secondary N) is 4. The molecule has 1 atom stereocenters. The standard InChI is InChI=1S/C24H27ClN6O2/c1-2-31-14-15-7-5-8-16(21(15)24(31)33)23(32)30-19(11-6-12-27-20(26)13-25)22-28-17-9-3-4-10-18(17)29-22/h3-5,7-10,19H,2,6,11-14H2,1H3,(H2,26,27)(H,28,29)(H,30,32). The van der Waals surface area contributed by atoms with E-state index >= 15 is 0 Å². The molecule has 1 unspecified atom stereocenters. The number of nitrogens with zero attached hydrogens (tertiary/aromatic N) is 2. The molecule has 0 aliphatic carbocycles. The molecule has 2 amide bonds. The Labute approximate surface area is 197 Å². The maximum absolute atomic E-state index is 13.3. The normalized spacial score (nSPS) is 13.8. The maximum atomic E-state index is 13.3. The summed E-state index contributed by atoms with van der Waals surface area (Å²) in [4.78, 5) is 35.9. The Morgan fingerprint density at radius 1 is 1.27 bits per heavy atom. The molecule has 0 saturated heterocycles. The number of alkyl halides is 1. The van der Waals surface area contributed by atoms with Gasteiger partial charge in [-0.1, -0.05) is 24.3 Å². The molecule has 1 aliphatic rings. The predicted molar refractivity (Wildman–Crippen MR) is 129 cm³/mol. The average Bonchev–Trinajstić information content (AvgIpc) is 3.41. The summed E-state index contributed by atoms with van der Waals surface area (Å²) in [5.41, 5.74) is 3.46. The van der Waals surface area contributed by atoms with Crippen LogP contribution in [0.5, 0.6) is 0 Å². The minimum atomic E-state index is -0.383. The first-order valence-electron chi connectivity index (χ1n) is 11.1. The van der Waals surface area contributed by atoms with Gasteiger partial charge >= 0.3 is 0 Å². The molecule has 1 aromatic heterocycles. The minimum Gasteiger partial charge on any atom is -0.373 e. The Balaban J connectivity index is 1.56. The highest BCUT2D eigenvalue weighted by molar-refractivity contribution is 6.27. The van der Waals surface area contributed by atoms with Crippen LogP contribution in [-0.2, 0) is 6.54 Å². The summed E-state index contributed by atoms with van der Waals surface area (Å²) in [5.74, 6) is 0.643. The quantitative estimate of drug-likeness (QED) is 0.167. The van der Waals surface area contributed by atoms with Crippen LogP contribution < -0.4 is 10.6 Å². The number of amidine groups is 1. The van der Waals surface area contributed by atoms with Gasteiger partial charge in [0.15, 0.2) is 0 Å². The molecule has 0 bridgehead atoms. The molecule has 4 rings (SSSR count). The lowest BCUT2D eigenvalue weighted by molar-refractivity contribution is 0.0780. The number of aromatic nitrogens is 2. The number of imidazole rings is 1. The Morgan fingerprint density at radius 3 is 2.85 bits per heavy atom. The Morgan fingerprint density at radius 2 is 2.09 bits per heavy atom. The lowest BCUT2D eigenvalue weighted by atomic mass is 10.0. The summed E-state index contributed by atoms with van der Waals surface area (Å²) >= 11 is 5.66. The van der Waals surface area contributed by atoms with Gasteiger partial charge in [0.1, 0.15) is 11.7 Å². The third-order valence-electron chi connectivity index (χ3n) is 5.82. The van der Waals surface area contributed by atoms with Gasteiger partial charge in [-0.3, -0.25) is 15.0 Å². The van der Waals surface area contributed by atoms with Crippen molar-refractivity contribution in [3.05, 3.63) is 65.0 Å². The average molecular weight is 467 g/mol. The molecule has 0 radical (unpaired) electrons. The van der Waals surface area contributed by atoms with Crippen molar-refractivity contribution >= 4 is 40.3 Å². The van der Waals surface area contributed by atoms with Crippen LogP contribution in [0.4, 0.5) is 0 Å². The molecule has 8 nitrogen and oxygen atoms in total. The van der Waals surface area contributed by atoms with Gasteiger partial charge in [-0.15, -0.1) is 11.6 Å². The lowest BCUT2D eigenvalue weighted by Crippen LogP contribution is -2.32. The molecule has 2 aromatic carbocycles. The molecule has 2 heterocycles. The number of para-hydroxylation sites is 2. The largest absolute Gasteiger partial charge is 0.373 e. The van der Waals surface area contributed by atoms with Crippen LogP contribution in [0, 0.1) is 5.41 Å². The van der Waals surface area contributed by atoms with Crippen molar-refractivity contribution < 1.29 is 9.59 Å². The fourth-order valence-electron chi connectivity index (χ4n) is 4.11. The van der Waals surface area contributed by atoms with Crippen LogP contribution in [-0.4, -0.2) is 51.5 Å². The molecule has 4 N–H and O–H groups in total. The molecule has 1 aliphatic heterocycles. The number of aromatic amines is 1. The number of carbonyl (C=O) groups is 2. The topological polar surface area (TPSA) is 114 Å². The molecule has 0 spiro atoms. The van der Waals surface area contributed by atoms with Crippen LogP contribution in [0.1, 0.15) is 57.9 Å². The molecule has 3 aromatic rings. The summed E-state index contributed by atoms with van der Waals surface area (Å²) in [6, 6.07) is 12.7. The van der Waals surface area contributed by atoms with E-state index in [2.05, 4.69) is 20.6 Å². The number of rotatable bonds is 9. The van der Waals surface area contributed by atoms with Crippen molar-refractivity contribution in [1.82, 2.24) is 25.5 Å². The van der Waals surface area contributed by atoms with Gasteiger partial charge in [-0.2, -0.15) is 0 Å². The van der Waals surface area contributed by atoms with Crippen molar-refractivity contribution in [2.24, 2.45) is 0 Å². The first-order valence-corrected chi connectivity index (χ1v) is 11.6. The van der Waals surface area contributed by atoms with Gasteiger partial charge in [0.25, 0.3) is 11.8 Å². The molecule has 172 valence electrons. The van der Waals surface area contributed by atoms with Gasteiger partial charge in [0, 0.05) is 19.6 Å². The van der Waals surface area contributed by atoms with E-state index < -0.39 is 0 Å². The van der Waals surface area contributed by atoms with Crippen LogP contribution in [0.15, 0.2) is 42.5 Å². The van der Waals surface area contributed by atoms with Crippen molar-refractivity contribution in [2.75, 3.05) is 19.0 Å². The Hall–Kier alpha value is -3.39. The van der Waals surface area contributed by atoms with Gasteiger partial charge < -0.3 is 20.5 Å². The highest BCUT2D eigenvalue weighted by atomic mass is 35.5. The zero-order valence-electron chi connectivity index (χ0n) is 18.5. The Bertz CT molecular complexity index is 1160. The SMILES string of the molecule is CCN1Cc2cccc(C(=O)NC(CCCNC(=N)CCl)c3nc4ccccc4[nH]3)c2C1=O. The van der Waals surface area contributed by atoms with Crippen LogP contribution >= 0.6 is 11.6 Å². The van der Waals surface area contributed by atoms with Gasteiger partial charge in [-0.25, -0.2) is 4.98 Å². The Kier molecular flexibility index (Phi) is 6.93. The summed E-state index contributed by atoms with van der Waals surface area (Å²) in [6.45, 7) is 3.61. The number of hydrogen-bond acceptors (Lipinski definition) is 4. The van der Waals surface area contributed by atoms with Crippen molar-refractivity contribution in [2.45, 2.75) is 32.4 Å². The number of fused-ring (bicyclic) bond motifs is 2. The van der Waals surface area contributed by atoms with E-state index in [1.54, 1.807) is 11.0 Å². The van der Waals surface area contributed by atoms with Gasteiger partial charge in [0.2, 0.25) is 0 Å². The first-order chi connectivity index (χ1) is 16.0. The molecule has 0 saturated carbocycles. The van der Waals surface area contributed by atoms with E-state index in [4.69, 9.17) is 17.0 Å². The van der Waals surface area contributed by atoms with E-state index in [-0.39, 0.29) is 29.6 Å². The minimum absolute atomic E-state index is 0.109. The molecule has 9 heteroatoms. The maximum Gasteiger partial charge on any atom is 0.255 e. The predicted octanol–water partition coefficient (Wildman–Crippen LogP) is 3.60. The first kappa shape index (κ1) is 22.8. The number of halogens is 1. The zero-order valence-corrected chi connectivity index (χ0v) is 19.2.